The molecule has 1 aliphatic heterocycles. The SMILES string of the molecule is COc1ccccc1N1CCN(CC(O)CNC(=O)c2cnc3ccccc3n2)CC1. The van der Waals surface area contributed by atoms with Crippen molar-refractivity contribution in [2.75, 3.05) is 51.3 Å². The number of aliphatic hydroxyl groups excluding tert-OH is 1. The lowest BCUT2D eigenvalue weighted by Crippen LogP contribution is -2.50. The van der Waals surface area contributed by atoms with Crippen molar-refractivity contribution in [1.82, 2.24) is 20.2 Å². The highest BCUT2D eigenvalue weighted by atomic mass is 16.5. The van der Waals surface area contributed by atoms with Gasteiger partial charge in [-0.25, -0.2) is 4.98 Å². The van der Waals surface area contributed by atoms with Crippen LogP contribution in [-0.2, 0) is 0 Å². The number of fused-ring (bicyclic) bond motifs is 1. The van der Waals surface area contributed by atoms with Gasteiger partial charge in [-0.2, -0.15) is 0 Å². The summed E-state index contributed by atoms with van der Waals surface area (Å²) in [7, 11) is 1.68. The molecule has 8 heteroatoms. The third-order valence-electron chi connectivity index (χ3n) is 5.45. The monoisotopic (exact) mass is 421 g/mol. The van der Waals surface area contributed by atoms with Crippen molar-refractivity contribution in [3.05, 3.63) is 60.4 Å². The first-order valence-electron chi connectivity index (χ1n) is 10.4. The van der Waals surface area contributed by atoms with Crippen LogP contribution in [0.2, 0.25) is 0 Å². The second-order valence-electron chi connectivity index (χ2n) is 7.57. The summed E-state index contributed by atoms with van der Waals surface area (Å²) in [6.07, 6.45) is 0.802. The van der Waals surface area contributed by atoms with E-state index in [0.29, 0.717) is 12.1 Å². The fourth-order valence-electron chi connectivity index (χ4n) is 3.79. The number of amides is 1. The first-order chi connectivity index (χ1) is 15.1. The number of ether oxygens (including phenoxy) is 1. The highest BCUT2D eigenvalue weighted by Crippen LogP contribution is 2.28. The summed E-state index contributed by atoms with van der Waals surface area (Å²) in [6, 6.07) is 15.4. The van der Waals surface area contributed by atoms with Crippen LogP contribution in [-0.4, -0.2) is 78.4 Å². The van der Waals surface area contributed by atoms with Crippen molar-refractivity contribution in [3.63, 3.8) is 0 Å². The summed E-state index contributed by atoms with van der Waals surface area (Å²) in [5, 5.41) is 13.2. The molecule has 1 saturated heterocycles. The molecule has 3 aromatic rings. The second kappa shape index (κ2) is 9.72. The Kier molecular flexibility index (Phi) is 6.59. The van der Waals surface area contributed by atoms with Crippen molar-refractivity contribution >= 4 is 22.6 Å². The van der Waals surface area contributed by atoms with Crippen LogP contribution >= 0.6 is 0 Å². The van der Waals surface area contributed by atoms with Gasteiger partial charge in [-0.05, 0) is 24.3 Å². The Morgan fingerprint density at radius 1 is 1.10 bits per heavy atom. The molecule has 31 heavy (non-hydrogen) atoms. The Balaban J connectivity index is 1.24. The first-order valence-corrected chi connectivity index (χ1v) is 10.4. The van der Waals surface area contributed by atoms with Crippen LogP contribution in [0, 0.1) is 0 Å². The quantitative estimate of drug-likeness (QED) is 0.598. The zero-order valence-corrected chi connectivity index (χ0v) is 17.6. The Hall–Kier alpha value is -3.23. The maximum Gasteiger partial charge on any atom is 0.271 e. The van der Waals surface area contributed by atoms with Crippen LogP contribution in [0.4, 0.5) is 5.69 Å². The van der Waals surface area contributed by atoms with Crippen molar-refractivity contribution in [2.24, 2.45) is 0 Å². The Bertz CT molecular complexity index is 1040. The Morgan fingerprint density at radius 2 is 1.81 bits per heavy atom. The lowest BCUT2D eigenvalue weighted by Gasteiger charge is -2.37. The number of carbonyl (C=O) groups is 1. The zero-order valence-electron chi connectivity index (χ0n) is 17.6. The van der Waals surface area contributed by atoms with Gasteiger partial charge < -0.3 is 20.1 Å². The van der Waals surface area contributed by atoms with Crippen LogP contribution in [0.15, 0.2) is 54.7 Å². The Labute approximate surface area is 181 Å². The van der Waals surface area contributed by atoms with Crippen LogP contribution < -0.4 is 15.0 Å². The molecular weight excluding hydrogens is 394 g/mol. The van der Waals surface area contributed by atoms with E-state index >= 15 is 0 Å². The summed E-state index contributed by atoms with van der Waals surface area (Å²) in [5.41, 5.74) is 2.75. The number of β-amino-alcohol motifs (C(OH)–C–C–N with tert-alkyl or cyclic N) is 1. The number of nitrogens with zero attached hydrogens (tertiary/aromatic N) is 4. The van der Waals surface area contributed by atoms with Crippen molar-refractivity contribution in [1.29, 1.82) is 0 Å². The van der Waals surface area contributed by atoms with Gasteiger partial charge in [0.05, 0.1) is 36.1 Å². The van der Waals surface area contributed by atoms with E-state index in [1.807, 2.05) is 42.5 Å². The number of carbonyl (C=O) groups excluding carboxylic acids is 1. The van der Waals surface area contributed by atoms with E-state index in [0.717, 1.165) is 43.1 Å². The van der Waals surface area contributed by atoms with Gasteiger partial charge in [0, 0.05) is 39.3 Å². The molecule has 2 heterocycles. The molecule has 0 radical (unpaired) electrons. The molecule has 0 saturated carbocycles. The lowest BCUT2D eigenvalue weighted by atomic mass is 10.2. The minimum atomic E-state index is -0.657. The largest absolute Gasteiger partial charge is 0.495 e. The van der Waals surface area contributed by atoms with E-state index in [2.05, 4.69) is 31.2 Å². The minimum absolute atomic E-state index is 0.167. The maximum absolute atomic E-state index is 12.4. The number of anilines is 1. The molecule has 1 atom stereocenters. The van der Waals surface area contributed by atoms with Crippen LogP contribution in [0.3, 0.4) is 0 Å². The van der Waals surface area contributed by atoms with Gasteiger partial charge in [-0.1, -0.05) is 24.3 Å². The highest BCUT2D eigenvalue weighted by Gasteiger charge is 2.21. The number of hydrogen-bond acceptors (Lipinski definition) is 7. The highest BCUT2D eigenvalue weighted by molar-refractivity contribution is 5.93. The molecule has 4 rings (SSSR count). The van der Waals surface area contributed by atoms with Crippen molar-refractivity contribution in [3.8, 4) is 5.75 Å². The smallest absolute Gasteiger partial charge is 0.271 e. The van der Waals surface area contributed by atoms with Gasteiger partial charge in [0.1, 0.15) is 11.4 Å². The van der Waals surface area contributed by atoms with Gasteiger partial charge in [-0.3, -0.25) is 14.7 Å². The van der Waals surface area contributed by atoms with Gasteiger partial charge in [-0.15, -0.1) is 0 Å². The third kappa shape index (κ3) is 5.10. The molecule has 1 fully saturated rings. The van der Waals surface area contributed by atoms with E-state index < -0.39 is 6.10 Å². The summed E-state index contributed by atoms with van der Waals surface area (Å²) < 4.78 is 5.46. The number of benzene rings is 2. The van der Waals surface area contributed by atoms with E-state index in [4.69, 9.17) is 4.74 Å². The number of rotatable bonds is 7. The molecule has 0 spiro atoms. The zero-order chi connectivity index (χ0) is 21.6. The number of methoxy groups -OCH3 is 1. The normalized spacial score (nSPS) is 15.6. The molecule has 2 N–H and O–H groups in total. The predicted octanol–water partition coefficient (Wildman–Crippen LogP) is 1.55. The molecule has 0 aliphatic carbocycles. The topological polar surface area (TPSA) is 90.8 Å². The second-order valence-corrected chi connectivity index (χ2v) is 7.57. The van der Waals surface area contributed by atoms with Gasteiger partial charge in [0.25, 0.3) is 5.91 Å². The molecule has 2 aromatic carbocycles. The fraction of sp³-hybridized carbons (Fsp3) is 0.348. The number of aromatic nitrogens is 2. The molecule has 1 aromatic heterocycles. The lowest BCUT2D eigenvalue weighted by molar-refractivity contribution is 0.0847. The molecule has 1 unspecified atom stereocenters. The summed E-state index contributed by atoms with van der Waals surface area (Å²) >= 11 is 0. The third-order valence-corrected chi connectivity index (χ3v) is 5.45. The number of nitrogens with one attached hydrogen (secondary N) is 1. The van der Waals surface area contributed by atoms with Crippen LogP contribution in [0.25, 0.3) is 11.0 Å². The fourth-order valence-corrected chi connectivity index (χ4v) is 3.79. The van der Waals surface area contributed by atoms with E-state index in [-0.39, 0.29) is 18.1 Å². The maximum atomic E-state index is 12.4. The number of para-hydroxylation sites is 4. The van der Waals surface area contributed by atoms with Crippen LogP contribution in [0.5, 0.6) is 5.75 Å². The van der Waals surface area contributed by atoms with Gasteiger partial charge in [0.2, 0.25) is 0 Å². The summed E-state index contributed by atoms with van der Waals surface area (Å²) in [6.45, 7) is 4.04. The van der Waals surface area contributed by atoms with Crippen molar-refractivity contribution < 1.29 is 14.6 Å². The molecule has 1 aliphatic rings. The first kappa shape index (κ1) is 21.0. The van der Waals surface area contributed by atoms with Crippen LogP contribution in [0.1, 0.15) is 10.5 Å². The minimum Gasteiger partial charge on any atom is -0.495 e. The molecule has 162 valence electrons. The molecule has 0 bridgehead atoms. The number of aliphatic hydroxyl groups is 1. The molecular formula is C23H27N5O3. The van der Waals surface area contributed by atoms with Gasteiger partial charge >= 0.3 is 0 Å². The van der Waals surface area contributed by atoms with E-state index in [1.54, 1.807) is 7.11 Å². The number of hydrogen-bond donors (Lipinski definition) is 2. The van der Waals surface area contributed by atoms with Gasteiger partial charge in [0.15, 0.2) is 0 Å². The number of piperazine rings is 1. The molecule has 1 amide bonds. The van der Waals surface area contributed by atoms with E-state index in [1.165, 1.54) is 6.20 Å². The standard InChI is InChI=1S/C23H27N5O3/c1-31-22-9-5-4-8-21(22)28-12-10-27(11-13-28)16-17(29)14-25-23(30)20-15-24-18-6-2-3-7-19(18)26-20/h2-9,15,17,29H,10-14,16H2,1H3,(H,25,30). The molecule has 8 nitrogen and oxygen atoms in total. The average molecular weight is 422 g/mol. The van der Waals surface area contributed by atoms with Crippen molar-refractivity contribution in [2.45, 2.75) is 6.10 Å². The van der Waals surface area contributed by atoms with E-state index in [9.17, 15) is 9.90 Å². The summed E-state index contributed by atoms with van der Waals surface area (Å²) in [5.74, 6) is 0.536. The predicted molar refractivity (Wildman–Crippen MR) is 120 cm³/mol. The summed E-state index contributed by atoms with van der Waals surface area (Å²) in [4.78, 5) is 25.5. The average Bonchev–Trinajstić information content (AvgIpc) is 2.82. The Morgan fingerprint density at radius 3 is 2.58 bits per heavy atom.